The molecule has 0 fully saturated rings. The van der Waals surface area contributed by atoms with E-state index in [1.165, 1.54) is 11.3 Å². The first kappa shape index (κ1) is 13.2. The molecule has 16 heavy (non-hydrogen) atoms. The van der Waals surface area contributed by atoms with E-state index in [2.05, 4.69) is 18.7 Å². The van der Waals surface area contributed by atoms with Crippen molar-refractivity contribution < 1.29 is 9.90 Å². The zero-order valence-electron chi connectivity index (χ0n) is 10.1. The molecule has 90 valence electrons. The van der Waals surface area contributed by atoms with Crippen molar-refractivity contribution in [3.05, 3.63) is 21.9 Å². The first-order valence-electron chi connectivity index (χ1n) is 5.49. The molecule has 0 aromatic carbocycles. The van der Waals surface area contributed by atoms with Gasteiger partial charge >= 0.3 is 5.97 Å². The molecular weight excluding hydrogens is 222 g/mol. The summed E-state index contributed by atoms with van der Waals surface area (Å²) in [6.45, 7) is 6.12. The molecule has 1 rings (SSSR count). The van der Waals surface area contributed by atoms with Gasteiger partial charge in [-0.1, -0.05) is 13.8 Å². The van der Waals surface area contributed by atoms with Crippen molar-refractivity contribution >= 4 is 17.3 Å². The second-order valence-corrected chi connectivity index (χ2v) is 5.42. The van der Waals surface area contributed by atoms with Crippen LogP contribution in [0.3, 0.4) is 0 Å². The minimum Gasteiger partial charge on any atom is -0.477 e. The van der Waals surface area contributed by atoms with E-state index in [0.29, 0.717) is 10.8 Å². The Morgan fingerprint density at radius 2 is 2.25 bits per heavy atom. The maximum absolute atomic E-state index is 10.9. The molecule has 0 aliphatic rings. The smallest absolute Gasteiger partial charge is 0.346 e. The molecule has 0 bridgehead atoms. The highest BCUT2D eigenvalue weighted by atomic mass is 32.1. The van der Waals surface area contributed by atoms with Gasteiger partial charge in [0.05, 0.1) is 0 Å². The minimum atomic E-state index is -0.817. The van der Waals surface area contributed by atoms with Crippen molar-refractivity contribution in [1.29, 1.82) is 0 Å². The number of hydrogen-bond donors (Lipinski definition) is 1. The summed E-state index contributed by atoms with van der Waals surface area (Å²) in [5.74, 6) is -0.133. The molecule has 4 heteroatoms. The van der Waals surface area contributed by atoms with E-state index in [1.807, 2.05) is 18.5 Å². The van der Waals surface area contributed by atoms with E-state index < -0.39 is 5.97 Å². The van der Waals surface area contributed by atoms with Gasteiger partial charge in [-0.3, -0.25) is 0 Å². The Bertz CT molecular complexity index is 347. The summed E-state index contributed by atoms with van der Waals surface area (Å²) in [6, 6.07) is 1.90. The Morgan fingerprint density at radius 1 is 1.56 bits per heavy atom. The maximum Gasteiger partial charge on any atom is 0.346 e. The average molecular weight is 241 g/mol. The van der Waals surface area contributed by atoms with Crippen molar-refractivity contribution in [2.24, 2.45) is 5.92 Å². The number of carbonyl (C=O) groups is 1. The summed E-state index contributed by atoms with van der Waals surface area (Å²) in [5, 5.41) is 10.8. The maximum atomic E-state index is 10.9. The molecule has 0 saturated carbocycles. The third-order valence-corrected chi connectivity index (χ3v) is 3.41. The highest BCUT2D eigenvalue weighted by Crippen LogP contribution is 2.18. The molecule has 0 atom stereocenters. The SMILES string of the molecule is CC(C)CCN(C)Cc1ccsc1C(=O)O. The second kappa shape index (κ2) is 6.01. The van der Waals surface area contributed by atoms with Gasteiger partial charge in [0.15, 0.2) is 0 Å². The highest BCUT2D eigenvalue weighted by molar-refractivity contribution is 7.12. The molecule has 0 aliphatic carbocycles. The van der Waals surface area contributed by atoms with Crippen LogP contribution in [0.4, 0.5) is 0 Å². The van der Waals surface area contributed by atoms with E-state index in [0.717, 1.165) is 25.1 Å². The molecule has 1 N–H and O–H groups in total. The number of carboxylic acid groups (broad SMARTS) is 1. The topological polar surface area (TPSA) is 40.5 Å². The Labute approximate surface area is 101 Å². The normalized spacial score (nSPS) is 11.3. The first-order chi connectivity index (χ1) is 7.50. The molecule has 0 spiro atoms. The Balaban J connectivity index is 2.52. The van der Waals surface area contributed by atoms with Crippen molar-refractivity contribution in [2.45, 2.75) is 26.8 Å². The largest absolute Gasteiger partial charge is 0.477 e. The lowest BCUT2D eigenvalue weighted by molar-refractivity contribution is 0.0700. The summed E-state index contributed by atoms with van der Waals surface area (Å²) in [6.07, 6.45) is 1.14. The summed E-state index contributed by atoms with van der Waals surface area (Å²) >= 11 is 1.30. The fourth-order valence-electron chi connectivity index (χ4n) is 1.50. The number of nitrogens with zero attached hydrogens (tertiary/aromatic N) is 1. The molecule has 1 aromatic rings. The van der Waals surface area contributed by atoms with Gasteiger partial charge in [-0.15, -0.1) is 11.3 Å². The van der Waals surface area contributed by atoms with Crippen LogP contribution < -0.4 is 0 Å². The summed E-state index contributed by atoms with van der Waals surface area (Å²) in [4.78, 5) is 13.6. The molecule has 0 radical (unpaired) electrons. The van der Waals surface area contributed by atoms with E-state index in [4.69, 9.17) is 5.11 Å². The van der Waals surface area contributed by atoms with Crippen LogP contribution in [0.2, 0.25) is 0 Å². The van der Waals surface area contributed by atoms with Gasteiger partial charge in [0, 0.05) is 6.54 Å². The fraction of sp³-hybridized carbons (Fsp3) is 0.583. The Kier molecular flexibility index (Phi) is 4.96. The predicted octanol–water partition coefficient (Wildman–Crippen LogP) is 2.92. The molecule has 0 amide bonds. The summed E-state index contributed by atoms with van der Waals surface area (Å²) in [5.41, 5.74) is 0.920. The van der Waals surface area contributed by atoms with Crippen LogP contribution in [-0.4, -0.2) is 29.6 Å². The lowest BCUT2D eigenvalue weighted by Crippen LogP contribution is -2.21. The fourth-order valence-corrected chi connectivity index (χ4v) is 2.25. The lowest BCUT2D eigenvalue weighted by atomic mass is 10.1. The van der Waals surface area contributed by atoms with Crippen molar-refractivity contribution in [3.63, 3.8) is 0 Å². The van der Waals surface area contributed by atoms with Gasteiger partial charge in [-0.05, 0) is 42.9 Å². The second-order valence-electron chi connectivity index (χ2n) is 4.50. The molecule has 3 nitrogen and oxygen atoms in total. The van der Waals surface area contributed by atoms with Gasteiger partial charge in [0.1, 0.15) is 4.88 Å². The molecule has 0 aliphatic heterocycles. The van der Waals surface area contributed by atoms with E-state index in [1.54, 1.807) is 0 Å². The van der Waals surface area contributed by atoms with Crippen molar-refractivity contribution in [2.75, 3.05) is 13.6 Å². The number of thiophene rings is 1. The third-order valence-electron chi connectivity index (χ3n) is 2.47. The van der Waals surface area contributed by atoms with Gasteiger partial charge in [-0.25, -0.2) is 4.79 Å². The van der Waals surface area contributed by atoms with Crippen molar-refractivity contribution in [1.82, 2.24) is 4.90 Å². The zero-order chi connectivity index (χ0) is 12.1. The molecular formula is C12H19NO2S. The summed E-state index contributed by atoms with van der Waals surface area (Å²) < 4.78 is 0. The van der Waals surface area contributed by atoms with Crippen LogP contribution >= 0.6 is 11.3 Å². The lowest BCUT2D eigenvalue weighted by Gasteiger charge is -2.17. The van der Waals surface area contributed by atoms with Crippen LogP contribution in [-0.2, 0) is 6.54 Å². The van der Waals surface area contributed by atoms with E-state index in [9.17, 15) is 4.79 Å². The van der Waals surface area contributed by atoms with Crippen LogP contribution in [0.1, 0.15) is 35.5 Å². The van der Waals surface area contributed by atoms with Gasteiger partial charge in [0.25, 0.3) is 0 Å². The van der Waals surface area contributed by atoms with Crippen LogP contribution in [0.5, 0.6) is 0 Å². The quantitative estimate of drug-likeness (QED) is 0.832. The van der Waals surface area contributed by atoms with Crippen LogP contribution in [0.25, 0.3) is 0 Å². The minimum absolute atomic E-state index is 0.469. The Hall–Kier alpha value is -0.870. The summed E-state index contributed by atoms with van der Waals surface area (Å²) in [7, 11) is 2.03. The van der Waals surface area contributed by atoms with Gasteiger partial charge in [0.2, 0.25) is 0 Å². The molecule has 1 heterocycles. The highest BCUT2D eigenvalue weighted by Gasteiger charge is 2.12. The average Bonchev–Trinajstić information content (AvgIpc) is 2.62. The number of aromatic carboxylic acids is 1. The van der Waals surface area contributed by atoms with E-state index >= 15 is 0 Å². The number of rotatable bonds is 6. The Morgan fingerprint density at radius 3 is 2.81 bits per heavy atom. The molecule has 0 saturated heterocycles. The monoisotopic (exact) mass is 241 g/mol. The van der Waals surface area contributed by atoms with Crippen LogP contribution in [0, 0.1) is 5.92 Å². The first-order valence-corrected chi connectivity index (χ1v) is 6.37. The zero-order valence-corrected chi connectivity index (χ0v) is 10.9. The number of carboxylic acids is 1. The standard InChI is InChI=1S/C12H19NO2S/c1-9(2)4-6-13(3)8-10-5-7-16-11(10)12(14)15/h5,7,9H,4,6,8H2,1-3H3,(H,14,15). The molecule has 1 aromatic heterocycles. The predicted molar refractivity (Wildman–Crippen MR) is 67.1 cm³/mol. The number of hydrogen-bond acceptors (Lipinski definition) is 3. The van der Waals surface area contributed by atoms with Gasteiger partial charge < -0.3 is 10.0 Å². The van der Waals surface area contributed by atoms with E-state index in [-0.39, 0.29) is 0 Å². The third kappa shape index (κ3) is 3.94. The molecule has 0 unspecified atom stereocenters. The van der Waals surface area contributed by atoms with Crippen molar-refractivity contribution in [3.8, 4) is 0 Å². The van der Waals surface area contributed by atoms with Crippen LogP contribution in [0.15, 0.2) is 11.4 Å². The van der Waals surface area contributed by atoms with Gasteiger partial charge in [-0.2, -0.15) is 0 Å².